The number of rotatable bonds is 3. The third-order valence-corrected chi connectivity index (χ3v) is 3.12. The van der Waals surface area contributed by atoms with E-state index in [9.17, 15) is 9.18 Å². The molecule has 3 rings (SSSR count). The molecule has 1 aliphatic heterocycles. The largest absolute Gasteiger partial charge is 0.497 e. The Morgan fingerprint density at radius 2 is 2.00 bits per heavy atom. The number of cyclic esters (lactones) is 1. The van der Waals surface area contributed by atoms with E-state index in [1.54, 1.807) is 49.6 Å². The van der Waals surface area contributed by atoms with Crippen LogP contribution in [0.3, 0.4) is 0 Å². The normalized spacial score (nSPS) is 15.6. The van der Waals surface area contributed by atoms with Crippen LogP contribution in [0.15, 0.2) is 59.2 Å². The summed E-state index contributed by atoms with van der Waals surface area (Å²) in [5.41, 5.74) is 1.02. The Bertz CT molecular complexity index is 796. The quantitative estimate of drug-likeness (QED) is 0.646. The lowest BCUT2D eigenvalue weighted by atomic mass is 10.2. The highest BCUT2D eigenvalue weighted by Crippen LogP contribution is 2.22. The molecule has 0 spiro atoms. The zero-order valence-corrected chi connectivity index (χ0v) is 11.7. The Balaban J connectivity index is 1.96. The van der Waals surface area contributed by atoms with Crippen LogP contribution in [-0.4, -0.2) is 19.0 Å². The maximum Gasteiger partial charge on any atom is 0.363 e. The Morgan fingerprint density at radius 1 is 1.18 bits per heavy atom. The fraction of sp³-hybridized carbons (Fsp3) is 0.0588. The molecule has 110 valence electrons. The van der Waals surface area contributed by atoms with Gasteiger partial charge in [-0.1, -0.05) is 24.3 Å². The van der Waals surface area contributed by atoms with Gasteiger partial charge in [0, 0.05) is 0 Å². The number of methoxy groups -OCH3 is 1. The molecule has 0 atom stereocenters. The molecule has 1 heterocycles. The highest BCUT2D eigenvalue weighted by Gasteiger charge is 2.25. The van der Waals surface area contributed by atoms with Crippen LogP contribution in [0.25, 0.3) is 6.08 Å². The molecule has 2 aromatic carbocycles. The van der Waals surface area contributed by atoms with Crippen molar-refractivity contribution in [1.29, 1.82) is 0 Å². The molecule has 0 fully saturated rings. The molecule has 0 bridgehead atoms. The molecule has 0 radical (unpaired) electrons. The molecule has 0 N–H and O–H groups in total. The second-order valence-corrected chi connectivity index (χ2v) is 4.59. The fourth-order valence-corrected chi connectivity index (χ4v) is 2.05. The zero-order chi connectivity index (χ0) is 15.5. The summed E-state index contributed by atoms with van der Waals surface area (Å²) in [5, 5.41) is 0. The molecule has 0 amide bonds. The molecule has 0 aromatic heterocycles. The lowest BCUT2D eigenvalue weighted by Crippen LogP contribution is -2.07. The van der Waals surface area contributed by atoms with Gasteiger partial charge < -0.3 is 9.47 Å². The van der Waals surface area contributed by atoms with Crippen molar-refractivity contribution in [3.63, 3.8) is 0 Å². The first-order valence-corrected chi connectivity index (χ1v) is 6.59. The molecule has 22 heavy (non-hydrogen) atoms. The molecule has 0 aliphatic carbocycles. The molecule has 0 saturated heterocycles. The standard InChI is InChI=1S/C17H12FNO3/c1-21-12-6-4-5-11(9-12)10-15-17(20)22-16(19-15)13-7-2-3-8-14(13)18/h2-10H,1H3/b15-10+. The van der Waals surface area contributed by atoms with E-state index in [0.29, 0.717) is 5.75 Å². The summed E-state index contributed by atoms with van der Waals surface area (Å²) >= 11 is 0. The highest BCUT2D eigenvalue weighted by molar-refractivity contribution is 6.12. The third kappa shape index (κ3) is 2.74. The van der Waals surface area contributed by atoms with Crippen LogP contribution in [0, 0.1) is 5.82 Å². The SMILES string of the molecule is COc1cccc(/C=C2/N=C(c3ccccc3F)OC2=O)c1. The van der Waals surface area contributed by atoms with E-state index in [2.05, 4.69) is 4.99 Å². The van der Waals surface area contributed by atoms with Crippen molar-refractivity contribution >= 4 is 17.9 Å². The van der Waals surface area contributed by atoms with Crippen molar-refractivity contribution in [1.82, 2.24) is 0 Å². The lowest BCUT2D eigenvalue weighted by molar-refractivity contribution is -0.129. The van der Waals surface area contributed by atoms with Crippen molar-refractivity contribution in [2.45, 2.75) is 0 Å². The molecular formula is C17H12FNO3. The summed E-state index contributed by atoms with van der Waals surface area (Å²) in [6.07, 6.45) is 1.57. The number of carbonyl (C=O) groups excluding carboxylic acids is 1. The average molecular weight is 297 g/mol. The molecule has 2 aromatic rings. The van der Waals surface area contributed by atoms with Crippen molar-refractivity contribution in [2.75, 3.05) is 7.11 Å². The fourth-order valence-electron chi connectivity index (χ4n) is 2.05. The van der Waals surface area contributed by atoms with E-state index in [4.69, 9.17) is 9.47 Å². The predicted molar refractivity (Wildman–Crippen MR) is 80.0 cm³/mol. The minimum atomic E-state index is -0.610. The van der Waals surface area contributed by atoms with E-state index in [-0.39, 0.29) is 17.2 Å². The minimum Gasteiger partial charge on any atom is -0.497 e. The van der Waals surface area contributed by atoms with Gasteiger partial charge in [0.15, 0.2) is 5.70 Å². The van der Waals surface area contributed by atoms with Crippen LogP contribution in [0.4, 0.5) is 4.39 Å². The van der Waals surface area contributed by atoms with Gasteiger partial charge >= 0.3 is 5.97 Å². The number of benzene rings is 2. The summed E-state index contributed by atoms with van der Waals surface area (Å²) in [6.45, 7) is 0. The van der Waals surface area contributed by atoms with E-state index >= 15 is 0 Å². The van der Waals surface area contributed by atoms with E-state index < -0.39 is 11.8 Å². The number of halogens is 1. The van der Waals surface area contributed by atoms with Gasteiger partial charge in [-0.25, -0.2) is 14.2 Å². The molecule has 4 nitrogen and oxygen atoms in total. The Kier molecular flexibility index (Phi) is 3.70. The van der Waals surface area contributed by atoms with Crippen LogP contribution in [-0.2, 0) is 9.53 Å². The van der Waals surface area contributed by atoms with Gasteiger partial charge in [0.1, 0.15) is 11.6 Å². The second-order valence-electron chi connectivity index (χ2n) is 4.59. The molecule has 0 saturated carbocycles. The van der Waals surface area contributed by atoms with Crippen molar-refractivity contribution in [2.24, 2.45) is 4.99 Å². The van der Waals surface area contributed by atoms with E-state index in [0.717, 1.165) is 5.56 Å². The Labute approximate surface area is 126 Å². The summed E-state index contributed by atoms with van der Waals surface area (Å²) in [7, 11) is 1.56. The van der Waals surface area contributed by atoms with Crippen molar-refractivity contribution in [3.05, 3.63) is 71.2 Å². The number of esters is 1. The van der Waals surface area contributed by atoms with E-state index in [1.807, 2.05) is 0 Å². The topological polar surface area (TPSA) is 47.9 Å². The summed E-state index contributed by atoms with van der Waals surface area (Å²) in [5.74, 6) is -0.464. The number of aliphatic imine (C=N–C) groups is 1. The van der Waals surface area contributed by atoms with Crippen molar-refractivity contribution < 1.29 is 18.7 Å². The molecule has 5 heteroatoms. The lowest BCUT2D eigenvalue weighted by Gasteiger charge is -2.00. The predicted octanol–water partition coefficient (Wildman–Crippen LogP) is 3.18. The van der Waals surface area contributed by atoms with E-state index in [1.165, 1.54) is 12.1 Å². The van der Waals surface area contributed by atoms with Gasteiger partial charge in [0.2, 0.25) is 5.90 Å². The zero-order valence-electron chi connectivity index (χ0n) is 11.7. The number of nitrogens with zero attached hydrogens (tertiary/aromatic N) is 1. The van der Waals surface area contributed by atoms with Crippen LogP contribution < -0.4 is 4.74 Å². The Morgan fingerprint density at radius 3 is 2.77 bits per heavy atom. The molecule has 0 unspecified atom stereocenters. The smallest absolute Gasteiger partial charge is 0.363 e. The van der Waals surface area contributed by atoms with Gasteiger partial charge in [0.25, 0.3) is 0 Å². The summed E-state index contributed by atoms with van der Waals surface area (Å²) in [6, 6.07) is 13.2. The van der Waals surface area contributed by atoms with Gasteiger partial charge in [0.05, 0.1) is 12.7 Å². The molecular weight excluding hydrogens is 285 g/mol. The van der Waals surface area contributed by atoms with Crippen molar-refractivity contribution in [3.8, 4) is 5.75 Å². The average Bonchev–Trinajstić information content (AvgIpc) is 2.89. The number of hydrogen-bond donors (Lipinski definition) is 0. The first-order chi connectivity index (χ1) is 10.7. The third-order valence-electron chi connectivity index (χ3n) is 3.12. The number of carbonyl (C=O) groups is 1. The minimum absolute atomic E-state index is 0.0303. The number of ether oxygens (including phenoxy) is 2. The second kappa shape index (κ2) is 5.81. The van der Waals surface area contributed by atoms with Gasteiger partial charge in [-0.3, -0.25) is 0 Å². The Hall–Kier alpha value is -2.95. The van der Waals surface area contributed by atoms with Gasteiger partial charge in [-0.2, -0.15) is 0 Å². The van der Waals surface area contributed by atoms with Crippen LogP contribution in [0.5, 0.6) is 5.75 Å². The maximum atomic E-state index is 13.7. The summed E-state index contributed by atoms with van der Waals surface area (Å²) in [4.78, 5) is 15.9. The monoisotopic (exact) mass is 297 g/mol. The first-order valence-electron chi connectivity index (χ1n) is 6.59. The van der Waals surface area contributed by atoms with Crippen LogP contribution in [0.2, 0.25) is 0 Å². The first kappa shape index (κ1) is 14.0. The van der Waals surface area contributed by atoms with Gasteiger partial charge in [-0.05, 0) is 35.9 Å². The highest BCUT2D eigenvalue weighted by atomic mass is 19.1. The maximum absolute atomic E-state index is 13.7. The number of hydrogen-bond acceptors (Lipinski definition) is 4. The van der Waals surface area contributed by atoms with Crippen LogP contribution in [0.1, 0.15) is 11.1 Å². The summed E-state index contributed by atoms with van der Waals surface area (Å²) < 4.78 is 23.9. The molecule has 1 aliphatic rings. The van der Waals surface area contributed by atoms with Crippen LogP contribution >= 0.6 is 0 Å². The van der Waals surface area contributed by atoms with Gasteiger partial charge in [-0.15, -0.1) is 0 Å².